The van der Waals surface area contributed by atoms with E-state index in [1.165, 1.54) is 7.11 Å². The molecule has 0 aliphatic heterocycles. The van der Waals surface area contributed by atoms with Gasteiger partial charge in [0, 0.05) is 6.54 Å². The average Bonchev–Trinajstić information content (AvgIpc) is 2.26. The molecule has 0 aliphatic rings. The SMILES string of the molecule is COc1nc(C(F)F)cc(CN)c1C=O. The number of alkyl halides is 2. The predicted molar refractivity (Wildman–Crippen MR) is 49.0 cm³/mol. The van der Waals surface area contributed by atoms with Crippen LogP contribution in [0.15, 0.2) is 6.07 Å². The maximum atomic E-state index is 12.4. The van der Waals surface area contributed by atoms with E-state index in [1.54, 1.807) is 0 Å². The third kappa shape index (κ3) is 2.27. The molecule has 82 valence electrons. The number of halogens is 2. The Balaban J connectivity index is 3.35. The Morgan fingerprint density at radius 3 is 2.73 bits per heavy atom. The molecule has 1 aromatic rings. The molecule has 2 N–H and O–H groups in total. The van der Waals surface area contributed by atoms with Crippen molar-refractivity contribution in [1.29, 1.82) is 0 Å². The van der Waals surface area contributed by atoms with Gasteiger partial charge < -0.3 is 10.5 Å². The number of methoxy groups -OCH3 is 1. The molecule has 0 saturated heterocycles. The number of nitrogens with zero attached hydrogens (tertiary/aromatic N) is 1. The lowest BCUT2D eigenvalue weighted by atomic mass is 10.1. The molecule has 0 unspecified atom stereocenters. The standard InChI is InChI=1S/C9H10F2N2O2/c1-15-9-6(4-14)5(3-12)2-7(13-9)8(10)11/h2,4,8H,3,12H2,1H3. The molecule has 0 bridgehead atoms. The van der Waals surface area contributed by atoms with Gasteiger partial charge in [-0.25, -0.2) is 13.8 Å². The number of hydrogen-bond donors (Lipinski definition) is 1. The first kappa shape index (κ1) is 11.5. The van der Waals surface area contributed by atoms with Crippen molar-refractivity contribution in [1.82, 2.24) is 4.98 Å². The summed E-state index contributed by atoms with van der Waals surface area (Å²) in [6.45, 7) is -0.0212. The van der Waals surface area contributed by atoms with Crippen LogP contribution in [0.5, 0.6) is 5.88 Å². The molecule has 0 fully saturated rings. The van der Waals surface area contributed by atoms with E-state index < -0.39 is 12.1 Å². The number of rotatable bonds is 4. The van der Waals surface area contributed by atoms with Crippen molar-refractivity contribution in [3.8, 4) is 5.88 Å². The molecule has 0 aromatic carbocycles. The highest BCUT2D eigenvalue weighted by atomic mass is 19.3. The Bertz CT molecular complexity index is 344. The predicted octanol–water partition coefficient (Wildman–Crippen LogP) is 1.30. The molecule has 15 heavy (non-hydrogen) atoms. The van der Waals surface area contributed by atoms with Crippen LogP contribution in [0, 0.1) is 0 Å². The van der Waals surface area contributed by atoms with Crippen molar-refractivity contribution >= 4 is 6.29 Å². The molecular weight excluding hydrogens is 206 g/mol. The zero-order valence-corrected chi connectivity index (χ0v) is 8.04. The van der Waals surface area contributed by atoms with Crippen LogP contribution in [0.4, 0.5) is 8.78 Å². The Hall–Kier alpha value is -1.56. The van der Waals surface area contributed by atoms with E-state index in [-0.39, 0.29) is 18.0 Å². The van der Waals surface area contributed by atoms with E-state index in [0.717, 1.165) is 6.07 Å². The second-order valence-corrected chi connectivity index (χ2v) is 2.75. The maximum absolute atomic E-state index is 12.4. The summed E-state index contributed by atoms with van der Waals surface area (Å²) in [6, 6.07) is 1.11. The van der Waals surface area contributed by atoms with Crippen molar-refractivity contribution in [2.45, 2.75) is 13.0 Å². The third-order valence-corrected chi connectivity index (χ3v) is 1.88. The van der Waals surface area contributed by atoms with Crippen molar-refractivity contribution in [2.75, 3.05) is 7.11 Å². The summed E-state index contributed by atoms with van der Waals surface area (Å²) in [5.41, 5.74) is 5.30. The minimum atomic E-state index is -2.72. The fourth-order valence-electron chi connectivity index (χ4n) is 1.17. The van der Waals surface area contributed by atoms with Gasteiger partial charge in [-0.1, -0.05) is 0 Å². The molecule has 6 heteroatoms. The van der Waals surface area contributed by atoms with E-state index in [4.69, 9.17) is 10.5 Å². The number of ether oxygens (including phenoxy) is 1. The average molecular weight is 216 g/mol. The normalized spacial score (nSPS) is 10.5. The highest BCUT2D eigenvalue weighted by Gasteiger charge is 2.16. The van der Waals surface area contributed by atoms with Crippen molar-refractivity contribution in [3.05, 3.63) is 22.9 Å². The van der Waals surface area contributed by atoms with Crippen molar-refractivity contribution in [2.24, 2.45) is 5.73 Å². The second kappa shape index (κ2) is 4.79. The molecular formula is C9H10F2N2O2. The van der Waals surface area contributed by atoms with Gasteiger partial charge in [-0.15, -0.1) is 0 Å². The summed E-state index contributed by atoms with van der Waals surface area (Å²) in [4.78, 5) is 14.2. The molecule has 0 spiro atoms. The number of carbonyl (C=O) groups is 1. The van der Waals surface area contributed by atoms with Gasteiger partial charge in [0.25, 0.3) is 6.43 Å². The number of carbonyl (C=O) groups excluding carboxylic acids is 1. The van der Waals surface area contributed by atoms with Gasteiger partial charge >= 0.3 is 0 Å². The van der Waals surface area contributed by atoms with Crippen LogP contribution < -0.4 is 10.5 Å². The Morgan fingerprint density at radius 1 is 1.67 bits per heavy atom. The molecule has 1 heterocycles. The molecule has 0 aliphatic carbocycles. The van der Waals surface area contributed by atoms with Crippen LogP contribution in [-0.2, 0) is 6.54 Å². The number of hydrogen-bond acceptors (Lipinski definition) is 4. The lowest BCUT2D eigenvalue weighted by molar-refractivity contribution is 0.111. The molecule has 1 rings (SSSR count). The van der Waals surface area contributed by atoms with Crippen LogP contribution in [-0.4, -0.2) is 18.4 Å². The molecule has 0 amide bonds. The third-order valence-electron chi connectivity index (χ3n) is 1.88. The topological polar surface area (TPSA) is 65.2 Å². The van der Waals surface area contributed by atoms with Gasteiger partial charge in [0.15, 0.2) is 6.29 Å². The van der Waals surface area contributed by atoms with Gasteiger partial charge in [-0.2, -0.15) is 0 Å². The zero-order chi connectivity index (χ0) is 11.4. The zero-order valence-electron chi connectivity index (χ0n) is 8.04. The first-order chi connectivity index (χ1) is 7.13. The Kier molecular flexibility index (Phi) is 3.68. The Labute approximate surface area is 85.1 Å². The lowest BCUT2D eigenvalue weighted by Crippen LogP contribution is -2.07. The fourth-order valence-corrected chi connectivity index (χ4v) is 1.17. The number of pyridine rings is 1. The van der Waals surface area contributed by atoms with E-state index >= 15 is 0 Å². The molecule has 0 saturated carbocycles. The van der Waals surface area contributed by atoms with Crippen molar-refractivity contribution < 1.29 is 18.3 Å². The fraction of sp³-hybridized carbons (Fsp3) is 0.333. The summed E-state index contributed by atoms with van der Waals surface area (Å²) in [6.07, 6.45) is -2.23. The molecule has 0 radical (unpaired) electrons. The van der Waals surface area contributed by atoms with E-state index in [1.807, 2.05) is 0 Å². The van der Waals surface area contributed by atoms with Gasteiger partial charge in [0.2, 0.25) is 5.88 Å². The summed E-state index contributed by atoms with van der Waals surface area (Å²) in [5.74, 6) is -0.122. The summed E-state index contributed by atoms with van der Waals surface area (Å²) >= 11 is 0. The largest absolute Gasteiger partial charge is 0.480 e. The van der Waals surface area contributed by atoms with Gasteiger partial charge in [-0.3, -0.25) is 4.79 Å². The van der Waals surface area contributed by atoms with Crippen LogP contribution >= 0.6 is 0 Å². The van der Waals surface area contributed by atoms with Crippen molar-refractivity contribution in [3.63, 3.8) is 0 Å². The van der Waals surface area contributed by atoms with Crippen LogP contribution in [0.3, 0.4) is 0 Å². The van der Waals surface area contributed by atoms with E-state index in [9.17, 15) is 13.6 Å². The minimum Gasteiger partial charge on any atom is -0.480 e. The molecule has 0 atom stereocenters. The summed E-state index contributed by atoms with van der Waals surface area (Å²) < 4.78 is 29.5. The highest BCUT2D eigenvalue weighted by Crippen LogP contribution is 2.24. The maximum Gasteiger partial charge on any atom is 0.280 e. The van der Waals surface area contributed by atoms with Gasteiger partial charge in [-0.05, 0) is 11.6 Å². The minimum absolute atomic E-state index is 0.0212. The summed E-state index contributed by atoms with van der Waals surface area (Å²) in [5, 5.41) is 0. The number of aromatic nitrogens is 1. The van der Waals surface area contributed by atoms with E-state index in [2.05, 4.69) is 4.98 Å². The smallest absolute Gasteiger partial charge is 0.280 e. The number of nitrogens with two attached hydrogens (primary N) is 1. The van der Waals surface area contributed by atoms with Gasteiger partial charge in [0.05, 0.1) is 12.7 Å². The van der Waals surface area contributed by atoms with Crippen LogP contribution in [0.2, 0.25) is 0 Å². The van der Waals surface area contributed by atoms with Gasteiger partial charge in [0.1, 0.15) is 5.69 Å². The Morgan fingerprint density at radius 2 is 2.33 bits per heavy atom. The lowest BCUT2D eigenvalue weighted by Gasteiger charge is -2.09. The first-order valence-electron chi connectivity index (χ1n) is 4.15. The molecule has 4 nitrogen and oxygen atoms in total. The monoisotopic (exact) mass is 216 g/mol. The second-order valence-electron chi connectivity index (χ2n) is 2.75. The first-order valence-corrected chi connectivity index (χ1v) is 4.15. The highest BCUT2D eigenvalue weighted by molar-refractivity contribution is 5.80. The van der Waals surface area contributed by atoms with Crippen LogP contribution in [0.1, 0.15) is 28.0 Å². The molecule has 1 aromatic heterocycles. The van der Waals surface area contributed by atoms with E-state index in [0.29, 0.717) is 11.8 Å². The van der Waals surface area contributed by atoms with Crippen LogP contribution in [0.25, 0.3) is 0 Å². The quantitative estimate of drug-likeness (QED) is 0.770. The summed E-state index contributed by atoms with van der Waals surface area (Å²) in [7, 11) is 1.25. The number of aldehydes is 1.